The van der Waals surface area contributed by atoms with Gasteiger partial charge in [0, 0.05) is 31.9 Å². The molecule has 0 bridgehead atoms. The number of fused-ring (bicyclic) bond motifs is 1. The summed E-state index contributed by atoms with van der Waals surface area (Å²) < 4.78 is 23.6. The molecule has 0 fully saturated rings. The molecule has 0 aliphatic rings. The van der Waals surface area contributed by atoms with Crippen LogP contribution in [0.5, 0.6) is 5.75 Å². The Hall–Kier alpha value is -1.25. The molecule has 0 saturated heterocycles. The molecule has 2 aromatic heterocycles. The molecule has 1 atom stereocenters. The van der Waals surface area contributed by atoms with E-state index in [-0.39, 0.29) is 31.0 Å². The molecule has 8 heteroatoms. The summed E-state index contributed by atoms with van der Waals surface area (Å²) in [5, 5.41) is 0.849. The second kappa shape index (κ2) is 9.45. The monoisotopic (exact) mass is 369 g/mol. The molecule has 1 N–H and O–H groups in total. The van der Waals surface area contributed by atoms with Gasteiger partial charge in [-0.15, -0.1) is 0 Å². The number of aromatic nitrogens is 3. The van der Waals surface area contributed by atoms with E-state index in [0.717, 1.165) is 23.0 Å². The van der Waals surface area contributed by atoms with Crippen molar-refractivity contribution in [3.05, 3.63) is 42.1 Å². The van der Waals surface area contributed by atoms with Crippen LogP contribution in [-0.2, 0) is 15.5 Å². The maximum Gasteiger partial charge on any atom is 1.00 e. The summed E-state index contributed by atoms with van der Waals surface area (Å²) in [6.07, 6.45) is 2.40. The Morgan fingerprint density at radius 1 is 1.24 bits per heavy atom. The van der Waals surface area contributed by atoms with Gasteiger partial charge in [-0.05, 0) is 25.1 Å². The van der Waals surface area contributed by atoms with Crippen molar-refractivity contribution in [2.75, 3.05) is 20.3 Å². The number of methoxy groups -OCH3 is 1. The predicted octanol–water partition coefficient (Wildman–Crippen LogP) is -0.0352. The van der Waals surface area contributed by atoms with E-state index >= 15 is 0 Å². The molecule has 128 valence electrons. The van der Waals surface area contributed by atoms with Crippen LogP contribution in [0.3, 0.4) is 0 Å². The molecule has 0 amide bonds. The maximum absolute atomic E-state index is 12.8. The summed E-state index contributed by atoms with van der Waals surface area (Å²) in [6, 6.07) is 9.36. The van der Waals surface area contributed by atoms with Gasteiger partial charge in [-0.2, -0.15) is 0 Å². The Bertz CT molecular complexity index is 842. The van der Waals surface area contributed by atoms with Crippen LogP contribution in [0.1, 0.15) is 13.4 Å². The number of nitrogens with one attached hydrogen (secondary N) is 1. The minimum absolute atomic E-state index is 0. The smallest absolute Gasteiger partial charge is 1.00 e. The second-order valence-electron chi connectivity index (χ2n) is 5.26. The third kappa shape index (κ3) is 4.68. The molecule has 0 aliphatic carbocycles. The number of rotatable bonds is 7. The third-order valence-corrected chi connectivity index (χ3v) is 4.88. The maximum atomic E-state index is 12.8. The molecule has 2 heterocycles. The predicted molar refractivity (Wildman–Crippen MR) is 92.8 cm³/mol. The van der Waals surface area contributed by atoms with Crippen molar-refractivity contribution in [2.24, 2.45) is 0 Å². The number of ether oxygens (including phenoxy) is 2. The number of H-pyrrole nitrogens is 1. The van der Waals surface area contributed by atoms with E-state index in [2.05, 4.69) is 15.0 Å². The van der Waals surface area contributed by atoms with Crippen LogP contribution in [0.25, 0.3) is 11.0 Å². The molecule has 1 unspecified atom stereocenters. The number of pyridine rings is 1. The number of nitrogens with zero attached hydrogens (tertiary/aromatic N) is 2. The fourth-order valence-electron chi connectivity index (χ4n) is 2.34. The van der Waals surface area contributed by atoms with Gasteiger partial charge in [0.1, 0.15) is 21.6 Å². The van der Waals surface area contributed by atoms with E-state index in [9.17, 15) is 4.21 Å². The normalized spacial score (nSPS) is 11.9. The number of benzene rings is 1. The van der Waals surface area contributed by atoms with E-state index in [0.29, 0.717) is 29.1 Å². The molecular formula is C17H20N3NaO3S. The van der Waals surface area contributed by atoms with Crippen molar-refractivity contribution >= 4 is 21.8 Å². The average Bonchev–Trinajstić information content (AvgIpc) is 3.03. The summed E-state index contributed by atoms with van der Waals surface area (Å²) in [4.78, 5) is 11.8. The summed E-state index contributed by atoms with van der Waals surface area (Å²) in [7, 11) is 0.166. The van der Waals surface area contributed by atoms with Crippen LogP contribution < -0.4 is 34.3 Å². The number of para-hydroxylation sites is 2. The van der Waals surface area contributed by atoms with E-state index in [1.807, 2.05) is 31.2 Å². The molecule has 25 heavy (non-hydrogen) atoms. The van der Waals surface area contributed by atoms with Crippen LogP contribution in [0.2, 0.25) is 0 Å². The average molecular weight is 369 g/mol. The van der Waals surface area contributed by atoms with Gasteiger partial charge in [-0.3, -0.25) is 0 Å². The van der Waals surface area contributed by atoms with Crippen LogP contribution in [-0.4, -0.2) is 39.5 Å². The van der Waals surface area contributed by atoms with E-state index in [1.54, 1.807) is 19.4 Å². The first-order chi connectivity index (χ1) is 11.7. The number of hydrogen-bond donors (Lipinski definition) is 1. The molecule has 1 aromatic carbocycles. The van der Waals surface area contributed by atoms with Gasteiger partial charge in [-0.25, -0.2) is 14.2 Å². The Labute approximate surface area is 172 Å². The van der Waals surface area contributed by atoms with Crippen LogP contribution >= 0.6 is 0 Å². The molecule has 3 rings (SSSR count). The summed E-state index contributed by atoms with van der Waals surface area (Å²) in [5.74, 6) is 0.681. The standard InChI is InChI=1S/C17H19N3O3S.Na.H/c1-12-15(23-11-5-10-22-2)8-9-18-16(12)24(21)17-19-13-6-3-4-7-14(13)20-17;;/h3-4,6-9H,5,10-11H2,1-2H3,(H,19,20);;/q;+1;-1. The molecular weight excluding hydrogens is 349 g/mol. The Balaban J connectivity index is 0.00000169. The summed E-state index contributed by atoms with van der Waals surface area (Å²) in [5.41, 5.74) is 2.39. The van der Waals surface area contributed by atoms with Crippen LogP contribution in [0.4, 0.5) is 0 Å². The molecule has 0 spiro atoms. The number of hydrogen-bond acceptors (Lipinski definition) is 5. The Kier molecular flexibility index (Phi) is 7.58. The molecule has 6 nitrogen and oxygen atoms in total. The SMILES string of the molecule is COCCCOc1ccnc(S(=O)c2nc3ccccc3[nH]2)c1C.[H-].[Na+]. The largest absolute Gasteiger partial charge is 1.00 e. The summed E-state index contributed by atoms with van der Waals surface area (Å²) in [6.45, 7) is 3.03. The fourth-order valence-corrected chi connectivity index (χ4v) is 3.44. The minimum atomic E-state index is -1.49. The van der Waals surface area contributed by atoms with Gasteiger partial charge >= 0.3 is 29.6 Å². The number of aromatic amines is 1. The van der Waals surface area contributed by atoms with Crippen molar-refractivity contribution in [3.63, 3.8) is 0 Å². The first-order valence-corrected chi connectivity index (χ1v) is 8.79. The zero-order valence-corrected chi connectivity index (χ0v) is 17.4. The van der Waals surface area contributed by atoms with E-state index < -0.39 is 10.8 Å². The van der Waals surface area contributed by atoms with Gasteiger partial charge in [0.15, 0.2) is 0 Å². The third-order valence-electron chi connectivity index (χ3n) is 3.58. The van der Waals surface area contributed by atoms with Crippen LogP contribution in [0, 0.1) is 6.92 Å². The molecule has 0 saturated carbocycles. The second-order valence-corrected chi connectivity index (χ2v) is 6.57. The Morgan fingerprint density at radius 2 is 2.04 bits per heavy atom. The topological polar surface area (TPSA) is 77.1 Å². The van der Waals surface area contributed by atoms with Crippen molar-refractivity contribution in [1.29, 1.82) is 0 Å². The van der Waals surface area contributed by atoms with Crippen molar-refractivity contribution in [1.82, 2.24) is 15.0 Å². The van der Waals surface area contributed by atoms with Gasteiger partial charge in [0.25, 0.3) is 0 Å². The quantitative estimate of drug-likeness (QED) is 0.467. The van der Waals surface area contributed by atoms with Gasteiger partial charge in [-0.1, -0.05) is 12.1 Å². The van der Waals surface area contributed by atoms with Gasteiger partial charge in [0.05, 0.1) is 17.6 Å². The fraction of sp³-hybridized carbons (Fsp3) is 0.294. The van der Waals surface area contributed by atoms with Crippen LogP contribution in [0.15, 0.2) is 46.7 Å². The Morgan fingerprint density at radius 3 is 2.80 bits per heavy atom. The molecule has 0 radical (unpaired) electrons. The first kappa shape index (κ1) is 20.1. The zero-order chi connectivity index (χ0) is 16.9. The van der Waals surface area contributed by atoms with Crippen molar-refractivity contribution in [3.8, 4) is 5.75 Å². The van der Waals surface area contributed by atoms with Crippen molar-refractivity contribution in [2.45, 2.75) is 23.5 Å². The van der Waals surface area contributed by atoms with Crippen molar-refractivity contribution < 1.29 is 44.7 Å². The summed E-state index contributed by atoms with van der Waals surface area (Å²) >= 11 is 0. The minimum Gasteiger partial charge on any atom is -1.00 e. The van der Waals surface area contributed by atoms with E-state index in [1.165, 1.54) is 0 Å². The zero-order valence-electron chi connectivity index (χ0n) is 15.6. The van der Waals surface area contributed by atoms with E-state index in [4.69, 9.17) is 9.47 Å². The molecule has 0 aliphatic heterocycles. The molecule has 3 aromatic rings. The number of imidazole rings is 1. The first-order valence-electron chi connectivity index (χ1n) is 7.64. The van der Waals surface area contributed by atoms with Gasteiger partial charge in [0.2, 0.25) is 5.16 Å². The van der Waals surface area contributed by atoms with Gasteiger partial charge < -0.3 is 15.9 Å².